The molecule has 0 fully saturated rings. The van der Waals surface area contributed by atoms with Gasteiger partial charge in [0.25, 0.3) is 0 Å². The van der Waals surface area contributed by atoms with Crippen LogP contribution in [0.1, 0.15) is 33.6 Å². The lowest BCUT2D eigenvalue weighted by Gasteiger charge is -2.32. The Morgan fingerprint density at radius 2 is 1.87 bits per heavy atom. The highest BCUT2D eigenvalue weighted by Gasteiger charge is 2.30. The fourth-order valence-electron chi connectivity index (χ4n) is 1.66. The van der Waals surface area contributed by atoms with Gasteiger partial charge in [0.15, 0.2) is 8.03 Å². The van der Waals surface area contributed by atoms with Gasteiger partial charge in [-0.05, 0) is 24.2 Å². The van der Waals surface area contributed by atoms with Gasteiger partial charge < -0.3 is 15.1 Å². The third-order valence-electron chi connectivity index (χ3n) is 2.50. The highest BCUT2D eigenvalue weighted by molar-refractivity contribution is 7.38. The van der Waals surface area contributed by atoms with Crippen LogP contribution in [0.3, 0.4) is 0 Å². The smallest absolute Gasteiger partial charge is 0.189 e. The standard InChI is InChI=1S/C10H23O4P/c1-10(2,3)9(12)8(5-4-6-11)7-15(13)14/h8-9,11-12,15H,4-7H2,1-3H3,(H,13,14). The number of hydrogen-bond acceptors (Lipinski definition) is 3. The number of hydrogen-bond donors (Lipinski definition) is 3. The fraction of sp³-hybridized carbons (Fsp3) is 1.00. The van der Waals surface area contributed by atoms with Crippen LogP contribution in [-0.2, 0) is 4.57 Å². The van der Waals surface area contributed by atoms with Crippen molar-refractivity contribution in [1.82, 2.24) is 0 Å². The maximum atomic E-state index is 10.8. The largest absolute Gasteiger partial charge is 0.396 e. The van der Waals surface area contributed by atoms with Gasteiger partial charge in [-0.1, -0.05) is 20.8 Å². The predicted octanol–water partition coefficient (Wildman–Crippen LogP) is 1.25. The molecule has 0 saturated carbocycles. The van der Waals surface area contributed by atoms with E-state index in [2.05, 4.69) is 0 Å². The first kappa shape index (κ1) is 15.1. The maximum absolute atomic E-state index is 10.8. The van der Waals surface area contributed by atoms with E-state index < -0.39 is 14.1 Å². The molecule has 0 radical (unpaired) electrons. The average Bonchev–Trinajstić information content (AvgIpc) is 2.09. The second kappa shape index (κ2) is 6.64. The quantitative estimate of drug-likeness (QED) is 0.608. The minimum Gasteiger partial charge on any atom is -0.396 e. The molecule has 0 aliphatic carbocycles. The van der Waals surface area contributed by atoms with Gasteiger partial charge in [-0.25, -0.2) is 0 Å². The maximum Gasteiger partial charge on any atom is 0.189 e. The van der Waals surface area contributed by atoms with Crippen LogP contribution < -0.4 is 0 Å². The number of aliphatic hydroxyl groups excluding tert-OH is 2. The lowest BCUT2D eigenvalue weighted by Crippen LogP contribution is -2.35. The van der Waals surface area contributed by atoms with E-state index in [9.17, 15) is 9.67 Å². The molecule has 5 heteroatoms. The SMILES string of the molecule is CC(C)(C)C(O)C(CCCO)C[PH](=O)O. The summed E-state index contributed by atoms with van der Waals surface area (Å²) in [6, 6.07) is 0. The molecular formula is C10H23O4P. The van der Waals surface area contributed by atoms with Gasteiger partial charge in [0, 0.05) is 12.8 Å². The van der Waals surface area contributed by atoms with Crippen molar-refractivity contribution in [2.75, 3.05) is 12.8 Å². The van der Waals surface area contributed by atoms with E-state index in [0.717, 1.165) is 0 Å². The van der Waals surface area contributed by atoms with Crippen LogP contribution >= 0.6 is 8.03 Å². The number of rotatable bonds is 6. The summed E-state index contributed by atoms with van der Waals surface area (Å²) in [5.41, 5.74) is -0.294. The molecule has 3 unspecified atom stereocenters. The van der Waals surface area contributed by atoms with E-state index in [0.29, 0.717) is 12.8 Å². The molecule has 0 heterocycles. The first-order valence-corrected chi connectivity index (χ1v) is 6.86. The molecule has 3 atom stereocenters. The molecular weight excluding hydrogens is 215 g/mol. The Balaban J connectivity index is 4.40. The minimum absolute atomic E-state index is 0.0553. The minimum atomic E-state index is -2.56. The van der Waals surface area contributed by atoms with Crippen molar-refractivity contribution in [2.45, 2.75) is 39.7 Å². The zero-order valence-corrected chi connectivity index (χ0v) is 10.7. The molecule has 0 aliphatic heterocycles. The van der Waals surface area contributed by atoms with Gasteiger partial charge >= 0.3 is 0 Å². The van der Waals surface area contributed by atoms with Crippen molar-refractivity contribution in [3.8, 4) is 0 Å². The van der Waals surface area contributed by atoms with Crippen molar-refractivity contribution in [1.29, 1.82) is 0 Å². The fourth-order valence-corrected chi connectivity index (χ4v) is 2.53. The summed E-state index contributed by atoms with van der Waals surface area (Å²) < 4.78 is 10.8. The first-order valence-electron chi connectivity index (χ1n) is 5.29. The molecule has 0 aromatic rings. The zero-order chi connectivity index (χ0) is 12.1. The van der Waals surface area contributed by atoms with Crippen molar-refractivity contribution in [3.05, 3.63) is 0 Å². The zero-order valence-electron chi connectivity index (χ0n) is 9.73. The topological polar surface area (TPSA) is 77.8 Å². The van der Waals surface area contributed by atoms with Gasteiger partial charge in [-0.15, -0.1) is 0 Å². The van der Waals surface area contributed by atoms with Crippen LogP contribution in [0, 0.1) is 11.3 Å². The van der Waals surface area contributed by atoms with Gasteiger partial charge in [-0.3, -0.25) is 4.57 Å². The number of aliphatic hydroxyl groups is 2. The molecule has 0 aromatic carbocycles. The lowest BCUT2D eigenvalue weighted by molar-refractivity contribution is 0.0139. The Morgan fingerprint density at radius 3 is 2.20 bits per heavy atom. The Labute approximate surface area is 92.2 Å². The van der Waals surface area contributed by atoms with E-state index in [-0.39, 0.29) is 24.1 Å². The molecule has 0 bridgehead atoms. The molecule has 0 rings (SSSR count). The first-order chi connectivity index (χ1) is 6.79. The molecule has 0 aromatic heterocycles. The van der Waals surface area contributed by atoms with Crippen LogP contribution in [-0.4, -0.2) is 34.0 Å². The molecule has 92 valence electrons. The Kier molecular flexibility index (Phi) is 6.69. The Morgan fingerprint density at radius 1 is 1.33 bits per heavy atom. The molecule has 0 aliphatic rings. The van der Waals surface area contributed by atoms with Gasteiger partial charge in [0.2, 0.25) is 0 Å². The molecule has 4 nitrogen and oxygen atoms in total. The highest BCUT2D eigenvalue weighted by Crippen LogP contribution is 2.32. The lowest BCUT2D eigenvalue weighted by atomic mass is 9.80. The van der Waals surface area contributed by atoms with Crippen LogP contribution in [0.4, 0.5) is 0 Å². The third-order valence-corrected chi connectivity index (χ3v) is 3.38. The van der Waals surface area contributed by atoms with E-state index in [1.807, 2.05) is 20.8 Å². The van der Waals surface area contributed by atoms with E-state index in [4.69, 9.17) is 10.00 Å². The molecule has 15 heavy (non-hydrogen) atoms. The normalized spacial score (nSPS) is 18.5. The van der Waals surface area contributed by atoms with Crippen molar-refractivity contribution >= 4 is 8.03 Å². The van der Waals surface area contributed by atoms with Crippen molar-refractivity contribution in [2.24, 2.45) is 11.3 Å². The van der Waals surface area contributed by atoms with Gasteiger partial charge in [-0.2, -0.15) is 0 Å². The molecule has 0 spiro atoms. The van der Waals surface area contributed by atoms with E-state index >= 15 is 0 Å². The summed E-state index contributed by atoms with van der Waals surface area (Å²) in [6.07, 6.45) is 0.687. The summed E-state index contributed by atoms with van der Waals surface area (Å²) in [6.45, 7) is 5.76. The highest BCUT2D eigenvalue weighted by atomic mass is 31.1. The summed E-state index contributed by atoms with van der Waals surface area (Å²) in [5, 5.41) is 18.7. The van der Waals surface area contributed by atoms with Gasteiger partial charge in [0.05, 0.1) is 6.10 Å². The summed E-state index contributed by atoms with van der Waals surface area (Å²) in [4.78, 5) is 8.91. The second-order valence-electron chi connectivity index (χ2n) is 5.03. The third kappa shape index (κ3) is 6.31. The van der Waals surface area contributed by atoms with Crippen LogP contribution in [0.25, 0.3) is 0 Å². The molecule has 0 amide bonds. The van der Waals surface area contributed by atoms with Crippen molar-refractivity contribution < 1.29 is 19.7 Å². The van der Waals surface area contributed by atoms with E-state index in [1.54, 1.807) is 0 Å². The molecule has 3 N–H and O–H groups in total. The van der Waals surface area contributed by atoms with Crippen LogP contribution in [0.15, 0.2) is 0 Å². The van der Waals surface area contributed by atoms with Crippen LogP contribution in [0.5, 0.6) is 0 Å². The molecule has 0 saturated heterocycles. The average molecular weight is 238 g/mol. The summed E-state index contributed by atoms with van der Waals surface area (Å²) in [5.74, 6) is -0.200. The Hall–Kier alpha value is 0.110. The second-order valence-corrected chi connectivity index (χ2v) is 6.23. The van der Waals surface area contributed by atoms with Crippen molar-refractivity contribution in [3.63, 3.8) is 0 Å². The summed E-state index contributed by atoms with van der Waals surface area (Å²) >= 11 is 0. The summed E-state index contributed by atoms with van der Waals surface area (Å²) in [7, 11) is -2.56. The predicted molar refractivity (Wildman–Crippen MR) is 61.4 cm³/mol. The Bertz CT molecular complexity index is 200. The van der Waals surface area contributed by atoms with Crippen LogP contribution in [0.2, 0.25) is 0 Å². The van der Waals surface area contributed by atoms with Gasteiger partial charge in [0.1, 0.15) is 0 Å². The monoisotopic (exact) mass is 238 g/mol. The van der Waals surface area contributed by atoms with E-state index in [1.165, 1.54) is 0 Å².